The zero-order valence-corrected chi connectivity index (χ0v) is 9.94. The zero-order chi connectivity index (χ0) is 6.08. The van der Waals surface area contributed by atoms with Crippen molar-refractivity contribution in [2.24, 2.45) is 0 Å². The van der Waals surface area contributed by atoms with E-state index in [9.17, 15) is 0 Å². The molecule has 0 heterocycles. The second kappa shape index (κ2) is 3.02. The van der Waals surface area contributed by atoms with E-state index < -0.39 is 16.7 Å². The molecule has 0 radical (unpaired) electrons. The monoisotopic (exact) mass is 329 g/mol. The predicted octanol–water partition coefficient (Wildman–Crippen LogP) is 2.08. The molecular weight excluding hydrogens is 323 g/mol. The summed E-state index contributed by atoms with van der Waals surface area (Å²) in [6.45, 7) is 0. The van der Waals surface area contributed by atoms with Gasteiger partial charge < -0.3 is 0 Å². The summed E-state index contributed by atoms with van der Waals surface area (Å²) in [6.07, 6.45) is 0. The van der Waals surface area contributed by atoms with E-state index in [4.69, 9.17) is 25.7 Å². The molecular formula is C2H6Cl3HfN. The SMILES string of the molecule is C[N](C)[Hf]([Cl])([Cl])[Cl]. The Balaban J connectivity index is 3.54. The van der Waals surface area contributed by atoms with E-state index in [0.29, 0.717) is 0 Å². The Bertz CT molecular complexity index is 58.4. The van der Waals surface area contributed by atoms with Gasteiger partial charge in [0.1, 0.15) is 0 Å². The van der Waals surface area contributed by atoms with E-state index in [1.54, 1.807) is 17.0 Å². The number of hydrogen-bond donors (Lipinski definition) is 0. The van der Waals surface area contributed by atoms with Gasteiger partial charge in [0.15, 0.2) is 0 Å². The molecule has 0 aliphatic carbocycles. The number of hydrogen-bond acceptors (Lipinski definition) is 1. The fourth-order valence-corrected chi connectivity index (χ4v) is 0. The summed E-state index contributed by atoms with van der Waals surface area (Å²) in [6, 6.07) is 0. The van der Waals surface area contributed by atoms with Gasteiger partial charge in [-0.3, -0.25) is 0 Å². The molecule has 0 aliphatic heterocycles. The van der Waals surface area contributed by atoms with Crippen LogP contribution >= 0.6 is 25.7 Å². The van der Waals surface area contributed by atoms with Gasteiger partial charge in [0.2, 0.25) is 0 Å². The topological polar surface area (TPSA) is 3.24 Å². The maximum absolute atomic E-state index is 5.55. The van der Waals surface area contributed by atoms with Crippen LogP contribution in [0, 0.1) is 0 Å². The van der Waals surface area contributed by atoms with Gasteiger partial charge in [-0.2, -0.15) is 0 Å². The standard InChI is InChI=1S/C2H6N.3ClH.Hf/c1-3-2;;;;/h1-2H3;3*1H;/q-1;;;;+4/p-3. The third kappa shape index (κ3) is 4.22. The second-order valence-corrected chi connectivity index (χ2v) is 26.1. The molecule has 0 atom stereocenters. The average molecular weight is 329 g/mol. The molecule has 0 aromatic carbocycles. The minimum absolute atomic E-state index is 1.71. The van der Waals surface area contributed by atoms with Crippen molar-refractivity contribution in [2.75, 3.05) is 14.1 Å². The van der Waals surface area contributed by atoms with Crippen molar-refractivity contribution in [3.05, 3.63) is 0 Å². The summed E-state index contributed by atoms with van der Waals surface area (Å²) in [7, 11) is 20.2. The van der Waals surface area contributed by atoms with Crippen molar-refractivity contribution >= 4 is 25.7 Å². The summed E-state index contributed by atoms with van der Waals surface area (Å²) in [5.41, 5.74) is 0. The van der Waals surface area contributed by atoms with Crippen LogP contribution in [0.4, 0.5) is 0 Å². The molecule has 0 aromatic heterocycles. The average Bonchev–Trinajstić information content (AvgIpc) is 1.31. The van der Waals surface area contributed by atoms with Gasteiger partial charge in [-0.25, -0.2) is 0 Å². The van der Waals surface area contributed by atoms with E-state index in [0.717, 1.165) is 0 Å². The van der Waals surface area contributed by atoms with Crippen LogP contribution in [-0.2, 0) is 16.7 Å². The van der Waals surface area contributed by atoms with Gasteiger partial charge in [0.05, 0.1) is 0 Å². The molecule has 0 rings (SSSR count). The van der Waals surface area contributed by atoms with E-state index in [2.05, 4.69) is 0 Å². The molecule has 1 nitrogen and oxygen atoms in total. The summed E-state index contributed by atoms with van der Waals surface area (Å²) >= 11 is -3.23. The van der Waals surface area contributed by atoms with Crippen molar-refractivity contribution < 1.29 is 16.7 Å². The Morgan fingerprint density at radius 1 is 1.14 bits per heavy atom. The normalized spacial score (nSPS) is 12.9. The first-order valence-corrected chi connectivity index (χ1v) is 16.6. The summed E-state index contributed by atoms with van der Waals surface area (Å²) in [5.74, 6) is 0. The van der Waals surface area contributed by atoms with Crippen LogP contribution in [-0.4, -0.2) is 17.0 Å². The first-order valence-electron chi connectivity index (χ1n) is 1.68. The Morgan fingerprint density at radius 3 is 1.29 bits per heavy atom. The van der Waals surface area contributed by atoms with E-state index in [-0.39, 0.29) is 0 Å². The van der Waals surface area contributed by atoms with Gasteiger partial charge in [-0.15, -0.1) is 0 Å². The zero-order valence-electron chi connectivity index (χ0n) is 4.08. The number of rotatable bonds is 1. The third-order valence-corrected chi connectivity index (χ3v) is 12.5. The van der Waals surface area contributed by atoms with Crippen LogP contribution in [0.2, 0.25) is 0 Å². The molecule has 5 heteroatoms. The van der Waals surface area contributed by atoms with Crippen LogP contribution in [0.3, 0.4) is 0 Å². The maximum atomic E-state index is 5.55. The Labute approximate surface area is 59.0 Å². The third-order valence-electron chi connectivity index (χ3n) is 0.507. The minimum atomic E-state index is -3.23. The number of nitrogens with zero attached hydrogens (tertiary/aromatic N) is 1. The predicted molar refractivity (Wildman–Crippen MR) is 31.2 cm³/mol. The van der Waals surface area contributed by atoms with Gasteiger partial charge >= 0.3 is 59.4 Å². The summed E-state index contributed by atoms with van der Waals surface area (Å²) in [5, 5.41) is 0. The fourth-order valence-electron chi connectivity index (χ4n) is 0. The quantitative estimate of drug-likeness (QED) is 0.666. The molecule has 0 saturated heterocycles. The van der Waals surface area contributed by atoms with Crippen molar-refractivity contribution in [3.63, 3.8) is 0 Å². The van der Waals surface area contributed by atoms with E-state index in [1.165, 1.54) is 0 Å². The second-order valence-electron chi connectivity index (χ2n) is 1.36. The van der Waals surface area contributed by atoms with E-state index >= 15 is 0 Å². The molecule has 0 fully saturated rings. The first-order chi connectivity index (χ1) is 2.94. The Hall–Kier alpha value is 1.70. The van der Waals surface area contributed by atoms with Gasteiger partial charge in [0.25, 0.3) is 0 Å². The molecule has 0 unspecified atom stereocenters. The van der Waals surface area contributed by atoms with Gasteiger partial charge in [-0.1, -0.05) is 0 Å². The molecule has 0 spiro atoms. The summed E-state index contributed by atoms with van der Waals surface area (Å²) < 4.78 is 1.71. The van der Waals surface area contributed by atoms with Crippen LogP contribution in [0.25, 0.3) is 0 Å². The van der Waals surface area contributed by atoms with Crippen LogP contribution in [0.5, 0.6) is 0 Å². The fraction of sp³-hybridized carbons (Fsp3) is 1.00. The van der Waals surface area contributed by atoms with Crippen molar-refractivity contribution in [1.29, 1.82) is 0 Å². The first kappa shape index (κ1) is 8.70. The molecule has 0 N–H and O–H groups in total. The molecule has 44 valence electrons. The van der Waals surface area contributed by atoms with Crippen LogP contribution in [0.15, 0.2) is 0 Å². The molecule has 0 saturated carbocycles. The van der Waals surface area contributed by atoms with Crippen LogP contribution < -0.4 is 0 Å². The number of halogens is 3. The Kier molecular flexibility index (Phi) is 3.75. The molecule has 0 aromatic rings. The van der Waals surface area contributed by atoms with E-state index in [1.807, 2.05) is 0 Å². The summed E-state index contributed by atoms with van der Waals surface area (Å²) in [4.78, 5) is 0. The van der Waals surface area contributed by atoms with Crippen molar-refractivity contribution in [2.45, 2.75) is 0 Å². The van der Waals surface area contributed by atoms with Crippen molar-refractivity contribution in [1.82, 2.24) is 2.89 Å². The van der Waals surface area contributed by atoms with Gasteiger partial charge in [0, 0.05) is 0 Å². The van der Waals surface area contributed by atoms with Gasteiger partial charge in [-0.05, 0) is 0 Å². The Morgan fingerprint density at radius 2 is 1.29 bits per heavy atom. The molecule has 0 amide bonds. The van der Waals surface area contributed by atoms with Crippen LogP contribution in [0.1, 0.15) is 0 Å². The molecule has 0 bridgehead atoms. The van der Waals surface area contributed by atoms with Crippen molar-refractivity contribution in [3.8, 4) is 0 Å². The molecule has 7 heavy (non-hydrogen) atoms. The molecule has 0 aliphatic rings.